The number of hydrogen-bond donors (Lipinski definition) is 1. The van der Waals surface area contributed by atoms with Crippen LogP contribution in [0.1, 0.15) is 43.2 Å². The Balaban J connectivity index is 1.42. The molecule has 1 N–H and O–H groups in total. The molecule has 188 valence electrons. The Morgan fingerprint density at radius 3 is 2.43 bits per heavy atom. The predicted octanol–water partition coefficient (Wildman–Crippen LogP) is 6.33. The van der Waals surface area contributed by atoms with Gasteiger partial charge in [0.15, 0.2) is 5.11 Å². The second kappa shape index (κ2) is 10.1. The van der Waals surface area contributed by atoms with Gasteiger partial charge in [-0.05, 0) is 85.6 Å². The summed E-state index contributed by atoms with van der Waals surface area (Å²) >= 11 is 12.9. The van der Waals surface area contributed by atoms with E-state index in [4.69, 9.17) is 23.8 Å². The van der Waals surface area contributed by atoms with Crippen molar-refractivity contribution < 1.29 is 0 Å². The Bertz CT molecular complexity index is 1380. The maximum absolute atomic E-state index is 6.92. The van der Waals surface area contributed by atoms with Crippen molar-refractivity contribution in [2.24, 2.45) is 5.92 Å². The first-order valence-corrected chi connectivity index (χ1v) is 13.5. The van der Waals surface area contributed by atoms with Crippen LogP contribution >= 0.6 is 23.8 Å². The largest absolute Gasteiger partial charge is 0.370 e. The molecule has 0 saturated carbocycles. The number of benzene rings is 1. The molecule has 2 fully saturated rings. The fraction of sp³-hybridized carbons (Fsp3) is 0.276. The highest BCUT2D eigenvalue weighted by Crippen LogP contribution is 2.44. The summed E-state index contributed by atoms with van der Waals surface area (Å²) in [5.74, 6) is 1.62. The zero-order chi connectivity index (χ0) is 25.4. The third-order valence-electron chi connectivity index (χ3n) is 7.41. The van der Waals surface area contributed by atoms with E-state index in [0.29, 0.717) is 5.11 Å². The minimum Gasteiger partial charge on any atom is -0.370 e. The van der Waals surface area contributed by atoms with Crippen LogP contribution in [-0.2, 0) is 0 Å². The van der Waals surface area contributed by atoms with E-state index in [1.165, 1.54) is 12.8 Å². The smallest absolute Gasteiger partial charge is 0.174 e. The van der Waals surface area contributed by atoms with Gasteiger partial charge in [0, 0.05) is 43.1 Å². The van der Waals surface area contributed by atoms with E-state index >= 15 is 0 Å². The van der Waals surface area contributed by atoms with Crippen molar-refractivity contribution in [1.29, 1.82) is 0 Å². The molecule has 0 radical (unpaired) electrons. The van der Waals surface area contributed by atoms with Gasteiger partial charge < -0.3 is 19.7 Å². The molecule has 8 heteroatoms. The van der Waals surface area contributed by atoms with Crippen molar-refractivity contribution in [3.8, 4) is 5.82 Å². The zero-order valence-electron chi connectivity index (χ0n) is 20.7. The van der Waals surface area contributed by atoms with Crippen LogP contribution in [0.3, 0.4) is 0 Å². The number of nitrogens with zero attached hydrogens (tertiary/aromatic N) is 5. The third kappa shape index (κ3) is 4.58. The van der Waals surface area contributed by atoms with Crippen molar-refractivity contribution in [3.63, 3.8) is 0 Å². The molecule has 4 aromatic rings. The Kier molecular flexibility index (Phi) is 6.57. The van der Waals surface area contributed by atoms with Crippen LogP contribution in [0.2, 0.25) is 5.02 Å². The number of hydrogen-bond acceptors (Lipinski definition) is 4. The standard InChI is InChI=1S/C29H29ClN6S/c1-20-12-17-34(18-13-20)24-11-10-21(19-22(24)30)36-28(27(33-29(36)37)23-7-2-4-14-31-23)25-8-6-16-35(25)26-9-3-5-15-32-26/h2-11,14-16,19-20,27-28H,12-13,17-18H2,1H3,(H,33,37)/t27-,28+/m1/s1. The van der Waals surface area contributed by atoms with Gasteiger partial charge in [-0.2, -0.15) is 0 Å². The average Bonchev–Trinajstić information content (AvgIpc) is 3.54. The lowest BCUT2D eigenvalue weighted by Gasteiger charge is -2.33. The first kappa shape index (κ1) is 23.9. The van der Waals surface area contributed by atoms with Crippen molar-refractivity contribution in [3.05, 3.63) is 102 Å². The van der Waals surface area contributed by atoms with Crippen LogP contribution in [0, 0.1) is 5.92 Å². The second-order valence-corrected chi connectivity index (χ2v) is 10.6. The zero-order valence-corrected chi connectivity index (χ0v) is 22.2. The monoisotopic (exact) mass is 528 g/mol. The number of anilines is 2. The minimum absolute atomic E-state index is 0.145. The topological polar surface area (TPSA) is 49.2 Å². The summed E-state index contributed by atoms with van der Waals surface area (Å²) < 4.78 is 2.12. The molecule has 37 heavy (non-hydrogen) atoms. The van der Waals surface area contributed by atoms with Gasteiger partial charge in [-0.1, -0.05) is 30.7 Å². The summed E-state index contributed by atoms with van der Waals surface area (Å²) in [6, 6.07) is 22.1. The van der Waals surface area contributed by atoms with Crippen molar-refractivity contribution in [2.75, 3.05) is 22.9 Å². The Morgan fingerprint density at radius 2 is 1.73 bits per heavy atom. The van der Waals surface area contributed by atoms with E-state index in [9.17, 15) is 0 Å². The molecule has 1 aromatic carbocycles. The Morgan fingerprint density at radius 1 is 0.946 bits per heavy atom. The molecule has 2 aliphatic rings. The lowest BCUT2D eigenvalue weighted by Crippen LogP contribution is -2.33. The van der Waals surface area contributed by atoms with Crippen molar-refractivity contribution >= 4 is 40.3 Å². The van der Waals surface area contributed by atoms with Crippen LogP contribution < -0.4 is 15.1 Å². The summed E-state index contributed by atoms with van der Waals surface area (Å²) in [7, 11) is 0. The average molecular weight is 529 g/mol. The third-order valence-corrected chi connectivity index (χ3v) is 8.03. The van der Waals surface area contributed by atoms with Crippen LogP contribution in [0.4, 0.5) is 11.4 Å². The van der Waals surface area contributed by atoms with E-state index in [-0.39, 0.29) is 12.1 Å². The molecular formula is C29H29ClN6S. The molecule has 0 amide bonds. The maximum Gasteiger partial charge on any atom is 0.174 e. The number of nitrogens with one attached hydrogen (secondary N) is 1. The summed E-state index contributed by atoms with van der Waals surface area (Å²) in [5, 5.41) is 4.93. The minimum atomic E-state index is -0.155. The van der Waals surface area contributed by atoms with Crippen molar-refractivity contribution in [2.45, 2.75) is 31.8 Å². The summed E-state index contributed by atoms with van der Waals surface area (Å²) in [6.45, 7) is 4.39. The number of halogens is 1. The summed E-state index contributed by atoms with van der Waals surface area (Å²) in [4.78, 5) is 13.8. The second-order valence-electron chi connectivity index (χ2n) is 9.79. The fourth-order valence-corrected chi connectivity index (χ4v) is 6.07. The van der Waals surface area contributed by atoms with Crippen LogP contribution in [0.15, 0.2) is 85.3 Å². The van der Waals surface area contributed by atoms with E-state index in [2.05, 4.69) is 54.8 Å². The first-order chi connectivity index (χ1) is 18.1. The number of rotatable bonds is 5. The molecule has 6 rings (SSSR count). The molecular weight excluding hydrogens is 500 g/mol. The summed E-state index contributed by atoms with van der Waals surface area (Å²) in [6.07, 6.45) is 8.06. The van der Waals surface area contributed by atoms with Gasteiger partial charge in [0.1, 0.15) is 11.9 Å². The van der Waals surface area contributed by atoms with E-state index in [1.54, 1.807) is 0 Å². The normalized spacial score (nSPS) is 20.3. The van der Waals surface area contributed by atoms with Gasteiger partial charge in [-0.25, -0.2) is 4.98 Å². The predicted molar refractivity (Wildman–Crippen MR) is 154 cm³/mol. The maximum atomic E-state index is 6.92. The van der Waals surface area contributed by atoms with Crippen LogP contribution in [-0.4, -0.2) is 32.7 Å². The highest BCUT2D eigenvalue weighted by atomic mass is 35.5. The SMILES string of the molecule is CC1CCN(c2ccc(N3C(=S)N[C@H](c4ccccn4)[C@@H]3c3cccn3-c3ccccn3)cc2Cl)CC1. The molecule has 2 atom stereocenters. The Labute approximate surface area is 227 Å². The first-order valence-electron chi connectivity index (χ1n) is 12.7. The number of thiocarbonyl (C=S) groups is 1. The van der Waals surface area contributed by atoms with Crippen LogP contribution in [0.25, 0.3) is 5.82 Å². The van der Waals surface area contributed by atoms with Gasteiger partial charge in [0.05, 0.1) is 22.4 Å². The molecule has 2 aliphatic heterocycles. The highest BCUT2D eigenvalue weighted by Gasteiger charge is 2.42. The Hall–Kier alpha value is -3.42. The molecule has 5 heterocycles. The molecule has 0 spiro atoms. The number of pyridine rings is 2. The van der Waals surface area contributed by atoms with Gasteiger partial charge in [0.2, 0.25) is 0 Å². The van der Waals surface area contributed by atoms with Crippen molar-refractivity contribution in [1.82, 2.24) is 19.9 Å². The highest BCUT2D eigenvalue weighted by molar-refractivity contribution is 7.80. The molecule has 3 aromatic heterocycles. The van der Waals surface area contributed by atoms with E-state index < -0.39 is 0 Å². The lowest BCUT2D eigenvalue weighted by atomic mass is 9.98. The summed E-state index contributed by atoms with van der Waals surface area (Å²) in [5.41, 5.74) is 4.03. The van der Waals surface area contributed by atoms with Gasteiger partial charge >= 0.3 is 0 Å². The molecule has 0 bridgehead atoms. The number of aromatic nitrogens is 3. The molecule has 0 aliphatic carbocycles. The van der Waals surface area contributed by atoms with Gasteiger partial charge in [0.25, 0.3) is 0 Å². The number of piperidine rings is 1. The van der Waals surface area contributed by atoms with E-state index in [1.807, 2.05) is 67.1 Å². The molecule has 2 saturated heterocycles. The van der Waals surface area contributed by atoms with Crippen LogP contribution in [0.5, 0.6) is 0 Å². The molecule has 6 nitrogen and oxygen atoms in total. The fourth-order valence-electron chi connectivity index (χ4n) is 5.43. The lowest BCUT2D eigenvalue weighted by molar-refractivity contribution is 0.438. The molecule has 0 unspecified atom stereocenters. The quantitative estimate of drug-likeness (QED) is 0.305. The van der Waals surface area contributed by atoms with E-state index in [0.717, 1.165) is 52.6 Å². The van der Waals surface area contributed by atoms with Gasteiger partial charge in [-0.15, -0.1) is 0 Å². The van der Waals surface area contributed by atoms with Gasteiger partial charge in [-0.3, -0.25) is 4.98 Å².